The summed E-state index contributed by atoms with van der Waals surface area (Å²) in [6.07, 6.45) is 74.6. The third kappa shape index (κ3) is 72.8. The largest absolute Gasteiger partial charge is 0.472 e. The first kappa shape index (κ1) is 96.5. The Balaban J connectivity index is 5.36. The number of hydrogen-bond acceptors (Lipinski definition) is 15. The first-order valence-corrected chi connectivity index (χ1v) is 43.2. The molecule has 3 N–H and O–H groups in total. The summed E-state index contributed by atoms with van der Waals surface area (Å²) < 4.78 is 68.6. The average molecular weight is 1450 g/mol. The molecule has 5 unspecified atom stereocenters. The average Bonchev–Trinajstić information content (AvgIpc) is 0.965. The van der Waals surface area contributed by atoms with Crippen LogP contribution < -0.4 is 0 Å². The summed E-state index contributed by atoms with van der Waals surface area (Å²) in [4.78, 5) is 72.9. The molecule has 0 aromatic rings. The maximum absolute atomic E-state index is 13.1. The van der Waals surface area contributed by atoms with Crippen LogP contribution >= 0.6 is 15.6 Å². The molecule has 0 fully saturated rings. The van der Waals surface area contributed by atoms with Crippen LogP contribution in [-0.2, 0) is 65.4 Å². The maximum Gasteiger partial charge on any atom is 0.472 e. The number of aliphatic hydroxyl groups is 1. The van der Waals surface area contributed by atoms with E-state index in [2.05, 4.69) is 88.5 Å². The third-order valence-electron chi connectivity index (χ3n) is 17.2. The number of hydrogen-bond donors (Lipinski definition) is 3. The van der Waals surface area contributed by atoms with E-state index in [1.54, 1.807) is 0 Å². The molecule has 19 heteroatoms. The van der Waals surface area contributed by atoms with Crippen LogP contribution in [0.15, 0.2) is 72.9 Å². The molecule has 0 amide bonds. The number of aliphatic hydroxyl groups excluding tert-OH is 1. The third-order valence-corrected chi connectivity index (χ3v) is 19.1. The minimum absolute atomic E-state index is 0.0751. The van der Waals surface area contributed by atoms with E-state index in [1.165, 1.54) is 161 Å². The maximum atomic E-state index is 13.1. The van der Waals surface area contributed by atoms with Crippen LogP contribution in [0.25, 0.3) is 0 Å². The second-order valence-electron chi connectivity index (χ2n) is 27.0. The monoisotopic (exact) mass is 1450 g/mol. The normalized spacial score (nSPS) is 14.3. The van der Waals surface area contributed by atoms with E-state index in [9.17, 15) is 43.2 Å². The number of ether oxygens (including phenoxy) is 4. The van der Waals surface area contributed by atoms with Gasteiger partial charge < -0.3 is 33.8 Å². The van der Waals surface area contributed by atoms with Crippen molar-refractivity contribution in [3.63, 3.8) is 0 Å². The predicted molar refractivity (Wildman–Crippen MR) is 409 cm³/mol. The summed E-state index contributed by atoms with van der Waals surface area (Å²) in [7, 11) is -9.96. The molecule has 17 nitrogen and oxygen atoms in total. The predicted octanol–water partition coefficient (Wildman–Crippen LogP) is 23.2. The molecule has 100 heavy (non-hydrogen) atoms. The highest BCUT2D eigenvalue weighted by molar-refractivity contribution is 7.47. The summed E-state index contributed by atoms with van der Waals surface area (Å²) in [6.45, 7) is 4.75. The van der Waals surface area contributed by atoms with Crippen molar-refractivity contribution in [2.75, 3.05) is 39.6 Å². The summed E-state index contributed by atoms with van der Waals surface area (Å²) in [5.41, 5.74) is 0. The number of rotatable bonds is 76. The van der Waals surface area contributed by atoms with E-state index < -0.39 is 97.5 Å². The quantitative estimate of drug-likeness (QED) is 0.0169. The minimum Gasteiger partial charge on any atom is -0.462 e. The first-order valence-electron chi connectivity index (χ1n) is 40.2. The summed E-state index contributed by atoms with van der Waals surface area (Å²) in [6, 6.07) is 0. The number of carbonyl (C=O) groups excluding carboxylic acids is 4. The zero-order valence-corrected chi connectivity index (χ0v) is 65.4. The molecule has 0 heterocycles. The zero-order valence-electron chi connectivity index (χ0n) is 63.6. The number of esters is 4. The van der Waals surface area contributed by atoms with Gasteiger partial charge in [-0.05, 0) is 89.9 Å². The zero-order chi connectivity index (χ0) is 73.2. The van der Waals surface area contributed by atoms with Crippen molar-refractivity contribution in [3.8, 4) is 0 Å². The van der Waals surface area contributed by atoms with Gasteiger partial charge in [-0.3, -0.25) is 37.3 Å². The van der Waals surface area contributed by atoms with Gasteiger partial charge in [-0.25, -0.2) is 9.13 Å². The molecular weight excluding hydrogens is 1310 g/mol. The lowest BCUT2D eigenvalue weighted by molar-refractivity contribution is -0.161. The fourth-order valence-electron chi connectivity index (χ4n) is 11.1. The van der Waals surface area contributed by atoms with Gasteiger partial charge in [0.15, 0.2) is 12.2 Å². The molecule has 0 aliphatic rings. The van der Waals surface area contributed by atoms with Crippen molar-refractivity contribution < 1.29 is 80.2 Å². The van der Waals surface area contributed by atoms with Crippen LogP contribution in [0.2, 0.25) is 0 Å². The molecule has 0 aromatic heterocycles. The molecule has 0 bridgehead atoms. The summed E-state index contributed by atoms with van der Waals surface area (Å²) in [5, 5.41) is 10.6. The molecule has 0 aliphatic carbocycles. The Morgan fingerprint density at radius 2 is 0.530 bits per heavy atom. The van der Waals surface area contributed by atoms with Gasteiger partial charge in [-0.15, -0.1) is 0 Å². The van der Waals surface area contributed by atoms with Gasteiger partial charge in [-0.2, -0.15) is 0 Å². The molecule has 0 radical (unpaired) electrons. The first-order chi connectivity index (χ1) is 48.7. The highest BCUT2D eigenvalue weighted by Gasteiger charge is 2.30. The smallest absolute Gasteiger partial charge is 0.462 e. The molecular formula is C81H146O17P2. The Labute approximate surface area is 609 Å². The Kier molecular flexibility index (Phi) is 71.2. The van der Waals surface area contributed by atoms with Crippen molar-refractivity contribution in [1.29, 1.82) is 0 Å². The Morgan fingerprint density at radius 3 is 0.860 bits per heavy atom. The van der Waals surface area contributed by atoms with Crippen LogP contribution in [0.5, 0.6) is 0 Å². The van der Waals surface area contributed by atoms with E-state index in [1.807, 2.05) is 12.2 Å². The fraction of sp³-hybridized carbons (Fsp3) is 0.802. The Hall–Kier alpha value is -3.50. The van der Waals surface area contributed by atoms with Crippen molar-refractivity contribution in [2.24, 2.45) is 0 Å². The lowest BCUT2D eigenvalue weighted by atomic mass is 10.0. The van der Waals surface area contributed by atoms with Gasteiger partial charge in [0.2, 0.25) is 0 Å². The van der Waals surface area contributed by atoms with Crippen LogP contribution in [0, 0.1) is 0 Å². The van der Waals surface area contributed by atoms with Gasteiger partial charge in [0.05, 0.1) is 26.4 Å². The number of carbonyl (C=O) groups is 4. The van der Waals surface area contributed by atoms with E-state index in [0.717, 1.165) is 116 Å². The van der Waals surface area contributed by atoms with Gasteiger partial charge >= 0.3 is 39.5 Å². The van der Waals surface area contributed by atoms with Gasteiger partial charge in [0, 0.05) is 25.7 Å². The van der Waals surface area contributed by atoms with E-state index in [0.29, 0.717) is 32.1 Å². The molecule has 0 aromatic carbocycles. The van der Waals surface area contributed by atoms with Gasteiger partial charge in [-0.1, -0.05) is 319 Å². The van der Waals surface area contributed by atoms with Crippen molar-refractivity contribution in [1.82, 2.24) is 0 Å². The topological polar surface area (TPSA) is 237 Å². The highest BCUT2D eigenvalue weighted by Crippen LogP contribution is 2.45. The van der Waals surface area contributed by atoms with Gasteiger partial charge in [0.1, 0.15) is 19.3 Å². The SMILES string of the molecule is CC/C=C\C/C=C\C/C=C\C/C=C\C/C=C\CCCC(=O)OCC(COP(=O)(O)OCC(O)COP(=O)(O)OCC(COC(=O)CCCCCCCCCCCCCCCCC)OC(=O)CCCCCCCCCCCCCCCCC)OC(=O)CCCCCCC/C=C\CCCCCC. The second-order valence-corrected chi connectivity index (χ2v) is 29.9. The Morgan fingerprint density at radius 1 is 0.290 bits per heavy atom. The Bertz CT molecular complexity index is 2180. The lowest BCUT2D eigenvalue weighted by Gasteiger charge is -2.21. The van der Waals surface area contributed by atoms with E-state index >= 15 is 0 Å². The summed E-state index contributed by atoms with van der Waals surface area (Å²) >= 11 is 0. The van der Waals surface area contributed by atoms with Crippen molar-refractivity contribution in [2.45, 2.75) is 380 Å². The fourth-order valence-corrected chi connectivity index (χ4v) is 12.7. The molecule has 0 rings (SSSR count). The van der Waals surface area contributed by atoms with Gasteiger partial charge in [0.25, 0.3) is 0 Å². The highest BCUT2D eigenvalue weighted by atomic mass is 31.2. The molecule has 5 atom stereocenters. The van der Waals surface area contributed by atoms with E-state index in [4.69, 9.17) is 37.0 Å². The second kappa shape index (κ2) is 73.8. The lowest BCUT2D eigenvalue weighted by Crippen LogP contribution is -2.30. The van der Waals surface area contributed by atoms with E-state index in [-0.39, 0.29) is 25.7 Å². The van der Waals surface area contributed by atoms with Crippen molar-refractivity contribution in [3.05, 3.63) is 72.9 Å². The standard InChI is InChI=1S/C81H146O17P2/c1-5-9-13-17-21-25-29-33-36-37-40-43-46-50-54-58-62-66-79(84)92-71-76(97-80(85)67-63-59-55-51-47-41-32-28-24-20-16-12-8-4)73-95-99(87,88)93-69-75(82)70-94-100(89,90)96-74-77(98-81(86)68-64-60-56-52-48-44-39-35-31-27-23-19-15-11-7-3)72-91-78(83)65-61-57-53-49-45-42-38-34-30-26-22-18-14-10-6-2/h9,13,21,25,28,32-33,36,40,43,50,54,75-77,82H,5-8,10-12,14-20,22-24,26-27,29-31,34-35,37-39,41-42,44-49,51-53,55-74H2,1-4H3,(H,87,88)(H,89,90)/b13-9-,25-21-,32-28-,36-33-,43-40-,54-50-. The van der Waals surface area contributed by atoms with Crippen LogP contribution in [0.4, 0.5) is 0 Å². The number of allylic oxidation sites excluding steroid dienone is 12. The number of phosphoric acid groups is 2. The summed E-state index contributed by atoms with van der Waals surface area (Å²) in [5.74, 6) is -2.22. The molecule has 0 saturated heterocycles. The molecule has 0 aliphatic heterocycles. The molecule has 0 saturated carbocycles. The molecule has 0 spiro atoms. The molecule has 582 valence electrons. The van der Waals surface area contributed by atoms with Crippen LogP contribution in [-0.4, -0.2) is 96.7 Å². The van der Waals surface area contributed by atoms with Crippen molar-refractivity contribution >= 4 is 39.5 Å². The minimum atomic E-state index is -4.98. The number of phosphoric ester groups is 2. The van der Waals surface area contributed by atoms with Crippen LogP contribution in [0.1, 0.15) is 362 Å². The van der Waals surface area contributed by atoms with Crippen LogP contribution in [0.3, 0.4) is 0 Å². The number of unbranched alkanes of at least 4 members (excludes halogenated alkanes) is 38.